The third kappa shape index (κ3) is 2.59. The smallest absolute Gasteiger partial charge is 0.255 e. The monoisotopic (exact) mass is 230 g/mol. The maximum atomic E-state index is 11.9. The number of aromatic nitrogens is 2. The molecule has 1 aliphatic rings. The molecule has 0 unspecified atom stereocenters. The number of nitrogens with zero attached hydrogens (tertiary/aromatic N) is 3. The summed E-state index contributed by atoms with van der Waals surface area (Å²) in [6.45, 7) is 0. The van der Waals surface area contributed by atoms with Gasteiger partial charge < -0.3 is 5.32 Å². The average molecular weight is 230 g/mol. The highest BCUT2D eigenvalue weighted by molar-refractivity contribution is 5.94. The van der Waals surface area contributed by atoms with E-state index in [1.54, 1.807) is 0 Å². The summed E-state index contributed by atoms with van der Waals surface area (Å²) in [5.74, 6) is -0.269. The SMILES string of the molecule is N#CC1(NC(=O)c2cncnc2)CCCCC1. The molecular formula is C12H14N4O. The lowest BCUT2D eigenvalue weighted by molar-refractivity contribution is 0.0902. The maximum Gasteiger partial charge on any atom is 0.255 e. The Morgan fingerprint density at radius 2 is 1.94 bits per heavy atom. The predicted octanol–water partition coefficient (Wildman–Crippen LogP) is 1.43. The van der Waals surface area contributed by atoms with Crippen molar-refractivity contribution in [3.63, 3.8) is 0 Å². The molecule has 1 saturated carbocycles. The van der Waals surface area contributed by atoms with Crippen LogP contribution in [0.5, 0.6) is 0 Å². The zero-order chi connectivity index (χ0) is 12.1. The maximum absolute atomic E-state index is 11.9. The minimum Gasteiger partial charge on any atom is -0.334 e. The molecule has 1 heterocycles. The molecule has 5 nitrogen and oxygen atoms in total. The Balaban J connectivity index is 2.10. The van der Waals surface area contributed by atoms with Gasteiger partial charge in [-0.3, -0.25) is 4.79 Å². The second-order valence-corrected chi connectivity index (χ2v) is 4.34. The van der Waals surface area contributed by atoms with Crippen LogP contribution < -0.4 is 5.32 Å². The molecule has 5 heteroatoms. The molecule has 1 N–H and O–H groups in total. The molecule has 1 fully saturated rings. The number of hydrogen-bond donors (Lipinski definition) is 1. The van der Waals surface area contributed by atoms with E-state index < -0.39 is 5.54 Å². The summed E-state index contributed by atoms with van der Waals surface area (Å²) in [7, 11) is 0. The van der Waals surface area contributed by atoms with Crippen LogP contribution in [0, 0.1) is 11.3 Å². The Bertz CT molecular complexity index is 432. The van der Waals surface area contributed by atoms with Crippen LogP contribution in [-0.2, 0) is 0 Å². The third-order valence-corrected chi connectivity index (χ3v) is 3.10. The number of hydrogen-bond acceptors (Lipinski definition) is 4. The summed E-state index contributed by atoms with van der Waals surface area (Å²) in [5, 5.41) is 12.1. The normalized spacial score (nSPS) is 18.1. The van der Waals surface area contributed by atoms with Crippen LogP contribution in [0.4, 0.5) is 0 Å². The standard InChI is InChI=1S/C12H14N4O/c13-8-12(4-2-1-3-5-12)16-11(17)10-6-14-9-15-7-10/h6-7,9H,1-5H2,(H,16,17). The van der Waals surface area contributed by atoms with E-state index in [9.17, 15) is 10.1 Å². The van der Waals surface area contributed by atoms with Gasteiger partial charge in [0.25, 0.3) is 5.91 Å². The molecule has 1 aliphatic carbocycles. The topological polar surface area (TPSA) is 78.7 Å². The zero-order valence-corrected chi connectivity index (χ0v) is 9.52. The van der Waals surface area contributed by atoms with E-state index in [2.05, 4.69) is 21.4 Å². The van der Waals surface area contributed by atoms with Gasteiger partial charge in [-0.25, -0.2) is 9.97 Å². The number of nitrogens with one attached hydrogen (secondary N) is 1. The van der Waals surface area contributed by atoms with Gasteiger partial charge in [0.15, 0.2) is 0 Å². The number of rotatable bonds is 2. The minimum atomic E-state index is -0.703. The van der Waals surface area contributed by atoms with Crippen molar-refractivity contribution >= 4 is 5.91 Å². The van der Waals surface area contributed by atoms with Crippen LogP contribution in [0.25, 0.3) is 0 Å². The minimum absolute atomic E-state index is 0.269. The van der Waals surface area contributed by atoms with Gasteiger partial charge in [0.05, 0.1) is 11.6 Å². The fourth-order valence-corrected chi connectivity index (χ4v) is 2.13. The average Bonchev–Trinajstić information content (AvgIpc) is 2.41. The Morgan fingerprint density at radius 3 is 2.53 bits per heavy atom. The van der Waals surface area contributed by atoms with Crippen LogP contribution in [0.2, 0.25) is 0 Å². The van der Waals surface area contributed by atoms with E-state index in [-0.39, 0.29) is 5.91 Å². The highest BCUT2D eigenvalue weighted by atomic mass is 16.1. The van der Waals surface area contributed by atoms with E-state index in [4.69, 9.17) is 0 Å². The summed E-state index contributed by atoms with van der Waals surface area (Å²) in [6.07, 6.45) is 8.84. The highest BCUT2D eigenvalue weighted by Gasteiger charge is 2.33. The van der Waals surface area contributed by atoms with Gasteiger partial charge >= 0.3 is 0 Å². The number of carbonyl (C=O) groups is 1. The van der Waals surface area contributed by atoms with Gasteiger partial charge in [-0.2, -0.15) is 5.26 Å². The molecule has 1 amide bonds. The Hall–Kier alpha value is -1.96. The number of carbonyl (C=O) groups excluding carboxylic acids is 1. The van der Waals surface area contributed by atoms with Gasteiger partial charge in [-0.1, -0.05) is 19.3 Å². The second kappa shape index (κ2) is 4.91. The predicted molar refractivity (Wildman–Crippen MR) is 60.9 cm³/mol. The van der Waals surface area contributed by atoms with E-state index >= 15 is 0 Å². The largest absolute Gasteiger partial charge is 0.334 e. The van der Waals surface area contributed by atoms with Crippen molar-refractivity contribution < 1.29 is 4.79 Å². The lowest BCUT2D eigenvalue weighted by Crippen LogP contribution is -2.48. The summed E-state index contributed by atoms with van der Waals surface area (Å²) >= 11 is 0. The molecule has 2 rings (SSSR count). The molecule has 17 heavy (non-hydrogen) atoms. The van der Waals surface area contributed by atoms with Crippen molar-refractivity contribution in [2.75, 3.05) is 0 Å². The fourth-order valence-electron chi connectivity index (χ4n) is 2.13. The van der Waals surface area contributed by atoms with E-state index in [0.717, 1.165) is 32.1 Å². The molecule has 1 aromatic heterocycles. The summed E-state index contributed by atoms with van der Waals surface area (Å²) in [6, 6.07) is 2.25. The van der Waals surface area contributed by atoms with Gasteiger partial charge in [-0.15, -0.1) is 0 Å². The van der Waals surface area contributed by atoms with Crippen molar-refractivity contribution in [3.05, 3.63) is 24.3 Å². The van der Waals surface area contributed by atoms with E-state index in [1.807, 2.05) is 0 Å². The van der Waals surface area contributed by atoms with Crippen molar-refractivity contribution in [2.45, 2.75) is 37.6 Å². The van der Waals surface area contributed by atoms with Gasteiger partial charge in [0.1, 0.15) is 11.9 Å². The Labute approximate surface area is 99.9 Å². The molecule has 0 aliphatic heterocycles. The first-order valence-corrected chi connectivity index (χ1v) is 5.74. The molecule has 0 atom stereocenters. The van der Waals surface area contributed by atoms with Crippen LogP contribution in [0.1, 0.15) is 42.5 Å². The van der Waals surface area contributed by atoms with E-state index in [0.29, 0.717) is 5.56 Å². The van der Waals surface area contributed by atoms with Crippen LogP contribution in [-0.4, -0.2) is 21.4 Å². The summed E-state index contributed by atoms with van der Waals surface area (Å²) < 4.78 is 0. The van der Waals surface area contributed by atoms with E-state index in [1.165, 1.54) is 18.7 Å². The lowest BCUT2D eigenvalue weighted by atomic mass is 9.82. The molecule has 1 aromatic rings. The summed E-state index contributed by atoms with van der Waals surface area (Å²) in [4.78, 5) is 19.5. The molecule has 88 valence electrons. The quantitative estimate of drug-likeness (QED) is 0.833. The Morgan fingerprint density at radius 1 is 1.29 bits per heavy atom. The second-order valence-electron chi connectivity index (χ2n) is 4.34. The first kappa shape index (κ1) is 11.5. The highest BCUT2D eigenvalue weighted by Crippen LogP contribution is 2.27. The zero-order valence-electron chi connectivity index (χ0n) is 9.52. The number of nitriles is 1. The molecule has 0 saturated heterocycles. The van der Waals surface area contributed by atoms with Crippen molar-refractivity contribution in [2.24, 2.45) is 0 Å². The Kier molecular flexibility index (Phi) is 3.33. The molecule has 0 aromatic carbocycles. The van der Waals surface area contributed by atoms with Crippen molar-refractivity contribution in [1.82, 2.24) is 15.3 Å². The fraction of sp³-hybridized carbons (Fsp3) is 0.500. The molecule has 0 bridgehead atoms. The first-order chi connectivity index (χ1) is 8.26. The first-order valence-electron chi connectivity index (χ1n) is 5.74. The molecule has 0 spiro atoms. The van der Waals surface area contributed by atoms with Crippen molar-refractivity contribution in [3.8, 4) is 6.07 Å². The summed E-state index contributed by atoms with van der Waals surface area (Å²) in [5.41, 5.74) is -0.307. The van der Waals surface area contributed by atoms with Crippen LogP contribution in [0.3, 0.4) is 0 Å². The molecule has 0 radical (unpaired) electrons. The molecular weight excluding hydrogens is 216 g/mol. The van der Waals surface area contributed by atoms with Crippen LogP contribution in [0.15, 0.2) is 18.7 Å². The van der Waals surface area contributed by atoms with Crippen molar-refractivity contribution in [1.29, 1.82) is 5.26 Å². The van der Waals surface area contributed by atoms with Gasteiger partial charge in [0, 0.05) is 12.4 Å². The third-order valence-electron chi connectivity index (χ3n) is 3.10. The van der Waals surface area contributed by atoms with Crippen LogP contribution >= 0.6 is 0 Å². The lowest BCUT2D eigenvalue weighted by Gasteiger charge is -2.31. The number of amides is 1. The van der Waals surface area contributed by atoms with Gasteiger partial charge in [-0.05, 0) is 12.8 Å². The van der Waals surface area contributed by atoms with Gasteiger partial charge in [0.2, 0.25) is 0 Å².